The van der Waals surface area contributed by atoms with Crippen LogP contribution >= 0.6 is 49.2 Å². The summed E-state index contributed by atoms with van der Waals surface area (Å²) in [5.74, 6) is 3.00. The van der Waals surface area contributed by atoms with E-state index in [0.29, 0.717) is 17.9 Å². The second kappa shape index (κ2) is 20.7. The van der Waals surface area contributed by atoms with E-state index in [4.69, 9.17) is 0 Å². The Bertz CT molecular complexity index is 326. The third kappa shape index (κ3) is 16.8. The quantitative estimate of drug-likeness (QED) is 0.162. The van der Waals surface area contributed by atoms with Crippen LogP contribution in [-0.4, -0.2) is 40.4 Å². The molecule has 0 radical (unpaired) electrons. The molecule has 0 heterocycles. The molecule has 0 saturated heterocycles. The summed E-state index contributed by atoms with van der Waals surface area (Å²) >= 11 is 11.1. The largest absolute Gasteiger partial charge is 0.345 e. The van der Waals surface area contributed by atoms with Crippen LogP contribution in [0, 0.1) is 19.1 Å². The van der Waals surface area contributed by atoms with Crippen LogP contribution in [0.25, 0.3) is 0 Å². The van der Waals surface area contributed by atoms with Crippen molar-refractivity contribution < 1.29 is 30.7 Å². The average Bonchev–Trinajstić information content (AvgIpc) is 2.50. The van der Waals surface area contributed by atoms with Crippen LogP contribution in [0.4, 0.5) is 0 Å². The van der Waals surface area contributed by atoms with Crippen molar-refractivity contribution in [1.29, 1.82) is 0 Å². The van der Waals surface area contributed by atoms with E-state index in [2.05, 4.69) is 41.6 Å². The van der Waals surface area contributed by atoms with Gasteiger partial charge in [-0.25, -0.2) is 5.75 Å². The summed E-state index contributed by atoms with van der Waals surface area (Å²) in [6.45, 7) is 10.9. The standard InChI is InChI=1S/C12H22N2O2S4.C3H7.W/c1-4-10(20-14-12(6-18)9(3)16)7-19-13-11(5-17)8(2)15;1-3-2;/h7,10-14,17-18H,1,4-6H2,2-3H3;3H,1-2H3;/q-2;-1;/t10?,11-,12-;;/m0../s1. The number of hydrogen-bond donors (Lipinski definition) is 4. The molecule has 0 aliphatic rings. The molecule has 0 aliphatic heterocycles. The Morgan fingerprint density at radius 2 is 1.50 bits per heavy atom. The van der Waals surface area contributed by atoms with Crippen molar-refractivity contribution in [2.75, 3.05) is 11.5 Å². The van der Waals surface area contributed by atoms with Gasteiger partial charge >= 0.3 is 0 Å². The Morgan fingerprint density at radius 3 is 1.83 bits per heavy atom. The molecule has 144 valence electrons. The Labute approximate surface area is 181 Å². The van der Waals surface area contributed by atoms with Gasteiger partial charge in [0.05, 0.1) is 12.1 Å². The molecule has 3 atom stereocenters. The maximum Gasteiger partial charge on any atom is 0.148 e. The number of Topliss-reactive ketones (excluding diaryl/α,β-unsaturated/α-hetero) is 2. The van der Waals surface area contributed by atoms with Crippen molar-refractivity contribution in [1.82, 2.24) is 9.44 Å². The first-order valence-corrected chi connectivity index (χ1v) is 10.3. The number of nitrogens with one attached hydrogen (secondary N) is 2. The smallest absolute Gasteiger partial charge is 0.148 e. The molecule has 0 amide bonds. The van der Waals surface area contributed by atoms with E-state index in [-0.39, 0.29) is 50.0 Å². The zero-order valence-corrected chi connectivity index (χ0v) is 21.0. The minimum absolute atomic E-state index is 0. The first-order valence-electron chi connectivity index (χ1n) is 7.29. The Hall–Kier alpha value is 1.35. The molecule has 0 fully saturated rings. The Balaban J connectivity index is -0.00000102. The molecule has 4 nitrogen and oxygen atoms in total. The molecule has 0 bridgehead atoms. The number of hydrogen-bond acceptors (Lipinski definition) is 8. The van der Waals surface area contributed by atoms with Crippen molar-refractivity contribution in [3.05, 3.63) is 19.1 Å². The second-order valence-corrected chi connectivity index (χ2v) is 7.25. The zero-order chi connectivity index (χ0) is 18.3. The van der Waals surface area contributed by atoms with Crippen molar-refractivity contribution in [2.24, 2.45) is 0 Å². The summed E-state index contributed by atoms with van der Waals surface area (Å²) in [4.78, 5) is 22.5. The normalized spacial score (nSPS) is 13.8. The molecular weight excluding hydrogens is 552 g/mol. The maximum atomic E-state index is 11.3. The summed E-state index contributed by atoms with van der Waals surface area (Å²) in [6.07, 6.45) is 2.68. The van der Waals surface area contributed by atoms with E-state index >= 15 is 0 Å². The van der Waals surface area contributed by atoms with Crippen LogP contribution in [-0.2, 0) is 30.7 Å². The summed E-state index contributed by atoms with van der Waals surface area (Å²) < 4.78 is 6.13. The average molecular weight is 582 g/mol. The summed E-state index contributed by atoms with van der Waals surface area (Å²) in [6, 6.07) is -0.517. The van der Waals surface area contributed by atoms with Crippen molar-refractivity contribution >= 4 is 60.7 Å². The van der Waals surface area contributed by atoms with Crippen molar-refractivity contribution in [3.8, 4) is 0 Å². The van der Waals surface area contributed by atoms with Gasteiger partial charge in [0.2, 0.25) is 0 Å². The summed E-state index contributed by atoms with van der Waals surface area (Å²) in [7, 11) is 0. The first kappa shape index (κ1) is 30.1. The van der Waals surface area contributed by atoms with Gasteiger partial charge in [-0.2, -0.15) is 45.5 Å². The molecule has 0 aromatic rings. The van der Waals surface area contributed by atoms with Crippen LogP contribution in [0.15, 0.2) is 0 Å². The SMILES string of the molecule is C[CH-]C.[CH2-]CC([CH-]SN[C@@H](CS)C(C)=O)SN[C@@H](CS)C(C)=O.[W]. The fourth-order valence-electron chi connectivity index (χ4n) is 1.02. The number of thiol groups is 2. The number of carbonyl (C=O) groups is 2. The van der Waals surface area contributed by atoms with Gasteiger partial charge in [0, 0.05) is 32.6 Å². The van der Waals surface area contributed by atoms with E-state index < -0.39 is 0 Å². The van der Waals surface area contributed by atoms with E-state index in [1.54, 1.807) is 0 Å². The van der Waals surface area contributed by atoms with Crippen LogP contribution in [0.1, 0.15) is 34.1 Å². The van der Waals surface area contributed by atoms with Crippen molar-refractivity contribution in [2.45, 2.75) is 51.4 Å². The van der Waals surface area contributed by atoms with E-state index in [0.717, 1.165) is 0 Å². The van der Waals surface area contributed by atoms with E-state index in [9.17, 15) is 9.59 Å². The van der Waals surface area contributed by atoms with Crippen LogP contribution in [0.5, 0.6) is 0 Å². The monoisotopic (exact) mass is 581 g/mol. The molecule has 2 N–H and O–H groups in total. The fraction of sp³-hybridized carbons (Fsp3) is 0.667. The van der Waals surface area contributed by atoms with Gasteiger partial charge in [-0.15, -0.1) is 17.2 Å². The number of carbonyl (C=O) groups excluding carboxylic acids is 2. The third-order valence-electron chi connectivity index (χ3n) is 2.42. The van der Waals surface area contributed by atoms with Crippen molar-refractivity contribution in [3.63, 3.8) is 0 Å². The molecule has 0 aliphatic carbocycles. The van der Waals surface area contributed by atoms with Gasteiger partial charge < -0.3 is 13.3 Å². The van der Waals surface area contributed by atoms with Gasteiger partial charge in [-0.1, -0.05) is 0 Å². The van der Waals surface area contributed by atoms with Gasteiger partial charge in [0.15, 0.2) is 0 Å². The minimum atomic E-state index is -0.259. The molecule has 0 spiro atoms. The number of rotatable bonds is 12. The van der Waals surface area contributed by atoms with Crippen LogP contribution in [0.3, 0.4) is 0 Å². The topological polar surface area (TPSA) is 58.2 Å². The molecule has 1 unspecified atom stereocenters. The summed E-state index contributed by atoms with van der Waals surface area (Å²) in [5, 5.41) is 0.127. The first-order chi connectivity index (χ1) is 10.9. The Kier molecular flexibility index (Phi) is 25.9. The fourth-order valence-corrected chi connectivity index (χ4v) is 3.84. The molecular formula is C15H29N2O2S4W-3. The Morgan fingerprint density at radius 1 is 1.08 bits per heavy atom. The molecule has 0 rings (SSSR count). The van der Waals surface area contributed by atoms with Crippen LogP contribution in [0.2, 0.25) is 0 Å². The van der Waals surface area contributed by atoms with E-state index in [1.807, 2.05) is 26.0 Å². The number of ketones is 2. The molecule has 0 saturated carbocycles. The van der Waals surface area contributed by atoms with Gasteiger partial charge in [0.25, 0.3) is 0 Å². The molecule has 0 aromatic carbocycles. The third-order valence-corrected chi connectivity index (χ3v) is 5.31. The van der Waals surface area contributed by atoms with Gasteiger partial charge in [-0.05, 0) is 13.8 Å². The summed E-state index contributed by atoms with van der Waals surface area (Å²) in [5.41, 5.74) is 0. The zero-order valence-electron chi connectivity index (χ0n) is 14.7. The van der Waals surface area contributed by atoms with Crippen LogP contribution < -0.4 is 9.44 Å². The van der Waals surface area contributed by atoms with E-state index in [1.165, 1.54) is 37.7 Å². The van der Waals surface area contributed by atoms with Gasteiger partial charge in [0.1, 0.15) is 11.6 Å². The minimum Gasteiger partial charge on any atom is -0.345 e. The molecule has 24 heavy (non-hydrogen) atoms. The second-order valence-electron chi connectivity index (χ2n) is 4.70. The predicted molar refractivity (Wildman–Crippen MR) is 112 cm³/mol. The predicted octanol–water partition coefficient (Wildman–Crippen LogP) is 3.22. The molecule has 0 aromatic heterocycles. The van der Waals surface area contributed by atoms with Gasteiger partial charge in [-0.3, -0.25) is 31.0 Å². The molecule has 9 heteroatoms. The maximum absolute atomic E-state index is 11.3.